The maximum absolute atomic E-state index is 11.8. The van der Waals surface area contributed by atoms with E-state index in [2.05, 4.69) is 26.2 Å². The number of pyridine rings is 1. The average Bonchev–Trinajstić information content (AvgIpc) is 2.27. The first-order chi connectivity index (χ1) is 7.97. The predicted octanol–water partition coefficient (Wildman–Crippen LogP) is 3.35. The van der Waals surface area contributed by atoms with Crippen molar-refractivity contribution in [2.75, 3.05) is 5.32 Å². The number of hydrogen-bond acceptors (Lipinski definition) is 2. The van der Waals surface area contributed by atoms with Crippen LogP contribution in [0.15, 0.2) is 36.5 Å². The first kappa shape index (κ1) is 12.0. The summed E-state index contributed by atoms with van der Waals surface area (Å²) in [5.74, 6) is -0.0884. The van der Waals surface area contributed by atoms with Gasteiger partial charge in [0.2, 0.25) is 5.91 Å². The molecule has 1 N–H and O–H groups in total. The molecule has 2 aromatic rings. The summed E-state index contributed by atoms with van der Waals surface area (Å²) in [5.41, 5.74) is 1.63. The van der Waals surface area contributed by atoms with E-state index in [0.29, 0.717) is 5.69 Å². The van der Waals surface area contributed by atoms with Gasteiger partial charge in [-0.15, -0.1) is 0 Å². The van der Waals surface area contributed by atoms with E-state index in [0.717, 1.165) is 10.9 Å². The van der Waals surface area contributed by atoms with Crippen LogP contribution in [0, 0.1) is 0 Å². The molecule has 4 heteroatoms. The molecule has 0 aliphatic rings. The number of anilines is 1. The van der Waals surface area contributed by atoms with Crippen molar-refractivity contribution in [3.8, 4) is 0 Å². The molecule has 0 saturated carbocycles. The normalized spacial score (nSPS) is 11.5. The van der Waals surface area contributed by atoms with Crippen molar-refractivity contribution in [2.45, 2.75) is 18.2 Å². The van der Waals surface area contributed by atoms with Crippen LogP contribution in [-0.4, -0.2) is 15.2 Å². The lowest BCUT2D eigenvalue weighted by Gasteiger charge is -2.15. The van der Waals surface area contributed by atoms with Crippen LogP contribution in [0.2, 0.25) is 0 Å². The lowest BCUT2D eigenvalue weighted by atomic mass is 10.2. The first-order valence-electron chi connectivity index (χ1n) is 5.32. The molecule has 0 radical (unpaired) electrons. The molecule has 0 fully saturated rings. The summed E-state index contributed by atoms with van der Waals surface area (Å²) in [7, 11) is 0. The van der Waals surface area contributed by atoms with Crippen LogP contribution in [0.1, 0.15) is 13.8 Å². The number of amides is 1. The Kier molecular flexibility index (Phi) is 3.15. The van der Waals surface area contributed by atoms with Gasteiger partial charge in [-0.3, -0.25) is 9.78 Å². The second-order valence-corrected chi connectivity index (χ2v) is 6.33. The summed E-state index contributed by atoms with van der Waals surface area (Å²) >= 11 is 3.32. The quantitative estimate of drug-likeness (QED) is 0.863. The minimum absolute atomic E-state index is 0.0884. The highest BCUT2D eigenvalue weighted by molar-refractivity contribution is 9.10. The molecule has 0 unspecified atom stereocenters. The van der Waals surface area contributed by atoms with Gasteiger partial charge in [-0.05, 0) is 26.0 Å². The maximum Gasteiger partial charge on any atom is 0.240 e. The molecule has 1 aromatic heterocycles. The highest BCUT2D eigenvalue weighted by Crippen LogP contribution is 2.20. The van der Waals surface area contributed by atoms with E-state index in [1.165, 1.54) is 0 Å². The number of alkyl halides is 1. The number of carbonyl (C=O) groups is 1. The smallest absolute Gasteiger partial charge is 0.240 e. The van der Waals surface area contributed by atoms with Crippen LogP contribution in [-0.2, 0) is 4.79 Å². The zero-order valence-electron chi connectivity index (χ0n) is 9.70. The Hall–Kier alpha value is -1.42. The van der Waals surface area contributed by atoms with Gasteiger partial charge >= 0.3 is 0 Å². The lowest BCUT2D eigenvalue weighted by Crippen LogP contribution is -2.30. The third kappa shape index (κ3) is 2.82. The Morgan fingerprint density at radius 2 is 2.06 bits per heavy atom. The average molecular weight is 293 g/mol. The number of aromatic nitrogens is 1. The molecule has 3 nitrogen and oxygen atoms in total. The number of fused-ring (bicyclic) bond motifs is 1. The van der Waals surface area contributed by atoms with Gasteiger partial charge in [-0.25, -0.2) is 0 Å². The van der Waals surface area contributed by atoms with Gasteiger partial charge in [-0.2, -0.15) is 0 Å². The molecule has 1 amide bonds. The largest absolute Gasteiger partial charge is 0.323 e. The second-order valence-electron chi connectivity index (χ2n) is 4.34. The van der Waals surface area contributed by atoms with Gasteiger partial charge in [0.1, 0.15) is 0 Å². The number of hydrogen-bond donors (Lipinski definition) is 1. The highest BCUT2D eigenvalue weighted by atomic mass is 79.9. The molecule has 2 rings (SSSR count). The molecule has 1 aromatic carbocycles. The minimum Gasteiger partial charge on any atom is -0.323 e. The number of nitrogens with zero attached hydrogens (tertiary/aromatic N) is 1. The number of nitrogens with one attached hydrogen (secondary N) is 1. The molecule has 17 heavy (non-hydrogen) atoms. The van der Waals surface area contributed by atoms with E-state index in [1.54, 1.807) is 20.0 Å². The summed E-state index contributed by atoms with van der Waals surface area (Å²) in [4.78, 5) is 16.1. The summed E-state index contributed by atoms with van der Waals surface area (Å²) in [6.07, 6.45) is 1.67. The van der Waals surface area contributed by atoms with Gasteiger partial charge in [0, 0.05) is 5.39 Å². The van der Waals surface area contributed by atoms with Crippen molar-refractivity contribution in [1.82, 2.24) is 4.98 Å². The van der Waals surface area contributed by atoms with Gasteiger partial charge in [-0.1, -0.05) is 34.1 Å². The predicted molar refractivity (Wildman–Crippen MR) is 73.4 cm³/mol. The van der Waals surface area contributed by atoms with Crippen molar-refractivity contribution in [3.05, 3.63) is 36.5 Å². The fraction of sp³-hybridized carbons (Fsp3) is 0.231. The van der Waals surface area contributed by atoms with E-state index in [9.17, 15) is 4.79 Å². The fourth-order valence-electron chi connectivity index (χ4n) is 1.42. The Morgan fingerprint density at radius 3 is 2.76 bits per heavy atom. The molecule has 0 saturated heterocycles. The highest BCUT2D eigenvalue weighted by Gasteiger charge is 2.23. The van der Waals surface area contributed by atoms with Gasteiger partial charge in [0.05, 0.1) is 21.7 Å². The third-order valence-electron chi connectivity index (χ3n) is 2.39. The Balaban J connectivity index is 2.29. The Labute approximate surface area is 108 Å². The molecule has 0 aliphatic heterocycles. The van der Waals surface area contributed by atoms with Crippen LogP contribution in [0.5, 0.6) is 0 Å². The number of rotatable bonds is 2. The van der Waals surface area contributed by atoms with E-state index < -0.39 is 4.32 Å². The van der Waals surface area contributed by atoms with Crippen LogP contribution < -0.4 is 5.32 Å². The van der Waals surface area contributed by atoms with Crippen LogP contribution in [0.25, 0.3) is 10.9 Å². The summed E-state index contributed by atoms with van der Waals surface area (Å²) < 4.78 is -0.585. The van der Waals surface area contributed by atoms with E-state index in [4.69, 9.17) is 0 Å². The zero-order chi connectivity index (χ0) is 12.5. The van der Waals surface area contributed by atoms with E-state index >= 15 is 0 Å². The molecule has 0 spiro atoms. The topological polar surface area (TPSA) is 42.0 Å². The van der Waals surface area contributed by atoms with Crippen molar-refractivity contribution in [1.29, 1.82) is 0 Å². The lowest BCUT2D eigenvalue weighted by molar-refractivity contribution is -0.117. The molecule has 0 atom stereocenters. The van der Waals surface area contributed by atoms with Crippen molar-refractivity contribution in [2.24, 2.45) is 0 Å². The molecule has 1 heterocycles. The van der Waals surface area contributed by atoms with Crippen molar-refractivity contribution in [3.63, 3.8) is 0 Å². The van der Waals surface area contributed by atoms with Crippen molar-refractivity contribution < 1.29 is 4.79 Å². The second kappa shape index (κ2) is 4.45. The molecular weight excluding hydrogens is 280 g/mol. The number of para-hydroxylation sites is 1. The number of halogens is 1. The third-order valence-corrected chi connectivity index (χ3v) is 2.75. The monoisotopic (exact) mass is 292 g/mol. The SMILES string of the molecule is CC(C)(Br)C(=O)Nc1cnc2ccccc2c1. The Morgan fingerprint density at radius 1 is 1.35 bits per heavy atom. The minimum atomic E-state index is -0.585. The summed E-state index contributed by atoms with van der Waals surface area (Å²) in [5, 5.41) is 3.84. The molecule has 88 valence electrons. The van der Waals surface area contributed by atoms with Gasteiger partial charge in [0.15, 0.2) is 0 Å². The van der Waals surface area contributed by atoms with Gasteiger partial charge < -0.3 is 5.32 Å². The van der Waals surface area contributed by atoms with E-state index in [1.807, 2.05) is 30.3 Å². The van der Waals surface area contributed by atoms with Crippen LogP contribution >= 0.6 is 15.9 Å². The standard InChI is InChI=1S/C13H13BrN2O/c1-13(2,14)12(17)16-10-7-9-5-3-4-6-11(9)15-8-10/h3-8H,1-2H3,(H,16,17). The maximum atomic E-state index is 11.8. The van der Waals surface area contributed by atoms with Crippen LogP contribution in [0.3, 0.4) is 0 Å². The first-order valence-corrected chi connectivity index (χ1v) is 6.11. The van der Waals surface area contributed by atoms with E-state index in [-0.39, 0.29) is 5.91 Å². The van der Waals surface area contributed by atoms with Crippen molar-refractivity contribution >= 4 is 38.4 Å². The zero-order valence-corrected chi connectivity index (χ0v) is 11.3. The summed E-state index contributed by atoms with van der Waals surface area (Å²) in [6.45, 7) is 3.60. The van der Waals surface area contributed by atoms with Crippen LogP contribution in [0.4, 0.5) is 5.69 Å². The van der Waals surface area contributed by atoms with Gasteiger partial charge in [0.25, 0.3) is 0 Å². The molecule has 0 aliphatic carbocycles. The Bertz CT molecular complexity index is 561. The summed E-state index contributed by atoms with van der Waals surface area (Å²) in [6, 6.07) is 9.71. The number of benzene rings is 1. The molecule has 0 bridgehead atoms. The molecular formula is C13H13BrN2O. The fourth-order valence-corrected chi connectivity index (χ4v) is 1.52. The number of carbonyl (C=O) groups excluding carboxylic acids is 1.